The van der Waals surface area contributed by atoms with Gasteiger partial charge in [0.05, 0.1) is 13.2 Å². The maximum absolute atomic E-state index is 6.36. The van der Waals surface area contributed by atoms with Crippen molar-refractivity contribution in [1.82, 2.24) is 0 Å². The molecule has 0 aliphatic rings. The quantitative estimate of drug-likeness (QED) is 0.905. The second-order valence-electron chi connectivity index (χ2n) is 4.81. The van der Waals surface area contributed by atoms with Crippen molar-refractivity contribution < 1.29 is 4.74 Å². The summed E-state index contributed by atoms with van der Waals surface area (Å²) in [6.45, 7) is 4.19. The molecule has 2 aromatic rings. The number of ether oxygens (including phenoxy) is 1. The third-order valence-corrected chi connectivity index (χ3v) is 3.50. The Morgan fingerprint density at radius 2 is 1.84 bits per heavy atom. The van der Waals surface area contributed by atoms with Crippen LogP contribution in [0.3, 0.4) is 0 Å². The van der Waals surface area contributed by atoms with Crippen molar-refractivity contribution in [2.75, 3.05) is 7.11 Å². The van der Waals surface area contributed by atoms with Gasteiger partial charge in [-0.05, 0) is 41.7 Å². The van der Waals surface area contributed by atoms with Crippen LogP contribution in [0.4, 0.5) is 0 Å². The molecule has 0 aliphatic carbocycles. The molecule has 1 atom stereocenters. The third-order valence-electron chi connectivity index (χ3n) is 3.50. The Balaban J connectivity index is 2.32. The Hall–Kier alpha value is -1.80. The molecule has 0 aliphatic heterocycles. The second-order valence-corrected chi connectivity index (χ2v) is 4.81. The number of benzene rings is 2. The van der Waals surface area contributed by atoms with E-state index in [1.165, 1.54) is 5.56 Å². The summed E-state index contributed by atoms with van der Waals surface area (Å²) >= 11 is 0. The van der Waals surface area contributed by atoms with E-state index in [1.807, 2.05) is 19.1 Å². The van der Waals surface area contributed by atoms with Crippen LogP contribution in [0, 0.1) is 6.92 Å². The summed E-state index contributed by atoms with van der Waals surface area (Å²) in [5.74, 6) is 0.901. The van der Waals surface area contributed by atoms with Crippen molar-refractivity contribution in [2.24, 2.45) is 5.73 Å². The fourth-order valence-electron chi connectivity index (χ4n) is 2.29. The lowest BCUT2D eigenvalue weighted by Gasteiger charge is -2.15. The van der Waals surface area contributed by atoms with Gasteiger partial charge in [-0.15, -0.1) is 0 Å². The number of nitrogens with two attached hydrogens (primary N) is 1. The van der Waals surface area contributed by atoms with Crippen molar-refractivity contribution in [2.45, 2.75) is 26.3 Å². The lowest BCUT2D eigenvalue weighted by Crippen LogP contribution is -2.12. The van der Waals surface area contributed by atoms with Crippen LogP contribution < -0.4 is 10.5 Å². The van der Waals surface area contributed by atoms with Crippen LogP contribution in [0.1, 0.15) is 35.2 Å². The van der Waals surface area contributed by atoms with Crippen molar-refractivity contribution in [3.05, 3.63) is 64.7 Å². The molecule has 19 heavy (non-hydrogen) atoms. The number of rotatable bonds is 4. The predicted octanol–water partition coefficient (Wildman–Crippen LogP) is 3.61. The van der Waals surface area contributed by atoms with Gasteiger partial charge in [-0.1, -0.05) is 43.3 Å². The van der Waals surface area contributed by atoms with Gasteiger partial charge in [0.15, 0.2) is 0 Å². The normalized spacial score (nSPS) is 12.2. The van der Waals surface area contributed by atoms with Gasteiger partial charge in [0.2, 0.25) is 0 Å². The second kappa shape index (κ2) is 5.89. The lowest BCUT2D eigenvalue weighted by atomic mass is 9.96. The first-order chi connectivity index (χ1) is 9.15. The highest BCUT2D eigenvalue weighted by Gasteiger charge is 2.10. The van der Waals surface area contributed by atoms with E-state index in [1.54, 1.807) is 7.11 Å². The molecule has 1 unspecified atom stereocenters. The minimum Gasteiger partial charge on any atom is -0.496 e. The van der Waals surface area contributed by atoms with Gasteiger partial charge in [-0.25, -0.2) is 0 Å². The molecule has 2 nitrogen and oxygen atoms in total. The van der Waals surface area contributed by atoms with Gasteiger partial charge in [-0.2, -0.15) is 0 Å². The highest BCUT2D eigenvalue weighted by atomic mass is 16.5. The molecule has 2 heteroatoms. The zero-order valence-electron chi connectivity index (χ0n) is 11.8. The van der Waals surface area contributed by atoms with E-state index in [2.05, 4.69) is 37.3 Å². The smallest absolute Gasteiger partial charge is 0.121 e. The van der Waals surface area contributed by atoms with Gasteiger partial charge in [-0.3, -0.25) is 0 Å². The van der Waals surface area contributed by atoms with Crippen LogP contribution in [0.25, 0.3) is 0 Å². The molecule has 0 fully saturated rings. The number of aryl methyl sites for hydroxylation is 2. The molecule has 0 saturated carbocycles. The van der Waals surface area contributed by atoms with Gasteiger partial charge in [0.25, 0.3) is 0 Å². The molecule has 2 rings (SSSR count). The molecule has 0 saturated heterocycles. The van der Waals surface area contributed by atoms with Crippen LogP contribution in [0.2, 0.25) is 0 Å². The average molecular weight is 255 g/mol. The molecular formula is C17H21NO. The topological polar surface area (TPSA) is 35.2 Å². The first-order valence-corrected chi connectivity index (χ1v) is 6.64. The van der Waals surface area contributed by atoms with Crippen LogP contribution in [-0.2, 0) is 6.42 Å². The minimum absolute atomic E-state index is 0.0869. The summed E-state index contributed by atoms with van der Waals surface area (Å²) in [4.78, 5) is 0. The SMILES string of the molecule is CCc1cccc(C(N)c2ccc(OC)c(C)c2)c1. The maximum Gasteiger partial charge on any atom is 0.121 e. The fourth-order valence-corrected chi connectivity index (χ4v) is 2.29. The highest BCUT2D eigenvalue weighted by molar-refractivity contribution is 5.41. The molecular weight excluding hydrogens is 234 g/mol. The van der Waals surface area contributed by atoms with Crippen molar-refractivity contribution in [3.63, 3.8) is 0 Å². The van der Waals surface area contributed by atoms with Gasteiger partial charge in [0.1, 0.15) is 5.75 Å². The fraction of sp³-hybridized carbons (Fsp3) is 0.294. The Labute approximate surface area is 115 Å². The van der Waals surface area contributed by atoms with E-state index in [4.69, 9.17) is 10.5 Å². The van der Waals surface area contributed by atoms with Crippen LogP contribution >= 0.6 is 0 Å². The summed E-state index contributed by atoms with van der Waals surface area (Å²) in [6, 6.07) is 14.5. The summed E-state index contributed by atoms with van der Waals surface area (Å²) in [5, 5.41) is 0. The molecule has 0 spiro atoms. The Bertz CT molecular complexity index is 563. The van der Waals surface area contributed by atoms with Gasteiger partial charge >= 0.3 is 0 Å². The number of hydrogen-bond donors (Lipinski definition) is 1. The van der Waals surface area contributed by atoms with Gasteiger partial charge in [0, 0.05) is 0 Å². The van der Waals surface area contributed by atoms with E-state index in [9.17, 15) is 0 Å². The Morgan fingerprint density at radius 1 is 1.11 bits per heavy atom. The van der Waals surface area contributed by atoms with E-state index in [-0.39, 0.29) is 6.04 Å². The van der Waals surface area contributed by atoms with Crippen LogP contribution in [-0.4, -0.2) is 7.11 Å². The molecule has 2 N–H and O–H groups in total. The summed E-state index contributed by atoms with van der Waals surface area (Å²) in [7, 11) is 1.69. The first kappa shape index (κ1) is 13.6. The average Bonchev–Trinajstić information content (AvgIpc) is 2.46. The van der Waals surface area contributed by atoms with E-state index < -0.39 is 0 Å². The van der Waals surface area contributed by atoms with Gasteiger partial charge < -0.3 is 10.5 Å². The monoisotopic (exact) mass is 255 g/mol. The molecule has 0 amide bonds. The predicted molar refractivity (Wildman–Crippen MR) is 79.6 cm³/mol. The Morgan fingerprint density at radius 3 is 2.47 bits per heavy atom. The minimum atomic E-state index is -0.0869. The van der Waals surface area contributed by atoms with Crippen LogP contribution in [0.5, 0.6) is 5.75 Å². The zero-order chi connectivity index (χ0) is 13.8. The van der Waals surface area contributed by atoms with Crippen molar-refractivity contribution in [3.8, 4) is 5.75 Å². The standard InChI is InChI=1S/C17H21NO/c1-4-13-6-5-7-14(11-13)17(18)15-8-9-16(19-3)12(2)10-15/h5-11,17H,4,18H2,1-3H3. The van der Waals surface area contributed by atoms with Crippen molar-refractivity contribution in [1.29, 1.82) is 0 Å². The first-order valence-electron chi connectivity index (χ1n) is 6.64. The largest absolute Gasteiger partial charge is 0.496 e. The summed E-state index contributed by atoms with van der Waals surface area (Å²) in [6.07, 6.45) is 1.03. The molecule has 100 valence electrons. The maximum atomic E-state index is 6.36. The summed E-state index contributed by atoms with van der Waals surface area (Å²) in [5.41, 5.74) is 11.1. The van der Waals surface area contributed by atoms with E-state index in [0.29, 0.717) is 0 Å². The molecule has 0 heterocycles. The number of hydrogen-bond acceptors (Lipinski definition) is 2. The zero-order valence-corrected chi connectivity index (χ0v) is 11.8. The molecule has 0 bridgehead atoms. The lowest BCUT2D eigenvalue weighted by molar-refractivity contribution is 0.411. The summed E-state index contributed by atoms with van der Waals surface area (Å²) < 4.78 is 5.28. The van der Waals surface area contributed by atoms with Crippen LogP contribution in [0.15, 0.2) is 42.5 Å². The number of methoxy groups -OCH3 is 1. The molecule has 2 aromatic carbocycles. The molecule has 0 radical (unpaired) electrons. The highest BCUT2D eigenvalue weighted by Crippen LogP contribution is 2.25. The van der Waals surface area contributed by atoms with E-state index in [0.717, 1.165) is 28.9 Å². The molecule has 0 aromatic heterocycles. The van der Waals surface area contributed by atoms with E-state index >= 15 is 0 Å². The van der Waals surface area contributed by atoms with Crippen molar-refractivity contribution >= 4 is 0 Å². The third kappa shape index (κ3) is 2.96. The Kier molecular flexibility index (Phi) is 4.23.